The van der Waals surface area contributed by atoms with Crippen molar-refractivity contribution >= 4 is 5.97 Å². The van der Waals surface area contributed by atoms with Crippen molar-refractivity contribution < 1.29 is 14.3 Å². The molecule has 0 spiro atoms. The third kappa shape index (κ3) is 3.41. The number of carbonyl (C=O) groups excluding carboxylic acids is 1. The molecule has 0 radical (unpaired) electrons. The van der Waals surface area contributed by atoms with Gasteiger partial charge < -0.3 is 9.47 Å². The molecule has 25 heavy (non-hydrogen) atoms. The summed E-state index contributed by atoms with van der Waals surface area (Å²) in [6.07, 6.45) is 0. The second-order valence-corrected chi connectivity index (χ2v) is 5.92. The predicted octanol–water partition coefficient (Wildman–Crippen LogP) is 4.61. The zero-order valence-electron chi connectivity index (χ0n) is 14.3. The second-order valence-electron chi connectivity index (χ2n) is 5.92. The Balaban J connectivity index is 1.98. The number of esters is 1. The van der Waals surface area contributed by atoms with Crippen molar-refractivity contribution in [2.45, 2.75) is 12.3 Å². The molecule has 3 aromatic rings. The molecule has 0 saturated carbocycles. The van der Waals surface area contributed by atoms with Crippen molar-refractivity contribution in [1.82, 2.24) is 0 Å². The maximum absolute atomic E-state index is 13.1. The SMILES string of the molecule is COc1ccc(OC(=O)C(C)(c2ccccc2)c2ccccc2)cc1. The fraction of sp³-hybridized carbons (Fsp3) is 0.136. The van der Waals surface area contributed by atoms with Crippen molar-refractivity contribution in [1.29, 1.82) is 0 Å². The molecule has 0 unspecified atom stereocenters. The highest BCUT2D eigenvalue weighted by Crippen LogP contribution is 2.34. The number of carbonyl (C=O) groups is 1. The summed E-state index contributed by atoms with van der Waals surface area (Å²) in [5, 5.41) is 0. The van der Waals surface area contributed by atoms with Crippen LogP contribution in [0.2, 0.25) is 0 Å². The first kappa shape index (κ1) is 16.8. The van der Waals surface area contributed by atoms with Crippen LogP contribution in [0.25, 0.3) is 0 Å². The lowest BCUT2D eigenvalue weighted by Crippen LogP contribution is -2.37. The molecule has 126 valence electrons. The van der Waals surface area contributed by atoms with E-state index in [1.54, 1.807) is 31.4 Å². The maximum atomic E-state index is 13.1. The molecular formula is C22H20O3. The highest BCUT2D eigenvalue weighted by Gasteiger charge is 2.39. The van der Waals surface area contributed by atoms with Gasteiger partial charge in [0.25, 0.3) is 0 Å². The number of hydrogen-bond acceptors (Lipinski definition) is 3. The van der Waals surface area contributed by atoms with E-state index in [9.17, 15) is 4.79 Å². The van der Waals surface area contributed by atoms with E-state index in [-0.39, 0.29) is 5.97 Å². The van der Waals surface area contributed by atoms with E-state index in [2.05, 4.69) is 0 Å². The summed E-state index contributed by atoms with van der Waals surface area (Å²) in [4.78, 5) is 13.1. The predicted molar refractivity (Wildman–Crippen MR) is 98.0 cm³/mol. The Kier molecular flexibility index (Phi) is 4.85. The van der Waals surface area contributed by atoms with Gasteiger partial charge in [0.15, 0.2) is 0 Å². The normalized spacial score (nSPS) is 11.0. The van der Waals surface area contributed by atoms with Gasteiger partial charge in [0.2, 0.25) is 0 Å². The van der Waals surface area contributed by atoms with E-state index in [0.29, 0.717) is 11.5 Å². The van der Waals surface area contributed by atoms with E-state index >= 15 is 0 Å². The molecule has 0 bridgehead atoms. The molecule has 3 aromatic carbocycles. The van der Waals surface area contributed by atoms with E-state index in [4.69, 9.17) is 9.47 Å². The Labute approximate surface area is 147 Å². The molecule has 3 heteroatoms. The Morgan fingerprint density at radius 2 is 1.16 bits per heavy atom. The van der Waals surface area contributed by atoms with Crippen molar-refractivity contribution in [2.24, 2.45) is 0 Å². The third-order valence-electron chi connectivity index (χ3n) is 4.38. The largest absolute Gasteiger partial charge is 0.497 e. The van der Waals surface area contributed by atoms with Gasteiger partial charge in [-0.15, -0.1) is 0 Å². The summed E-state index contributed by atoms with van der Waals surface area (Å²) >= 11 is 0. The molecule has 0 aliphatic carbocycles. The number of ether oxygens (including phenoxy) is 2. The van der Waals surface area contributed by atoms with Crippen molar-refractivity contribution in [2.75, 3.05) is 7.11 Å². The molecule has 0 saturated heterocycles. The average Bonchev–Trinajstić information content (AvgIpc) is 2.69. The molecule has 0 heterocycles. The minimum absolute atomic E-state index is 0.324. The third-order valence-corrected chi connectivity index (χ3v) is 4.38. The van der Waals surface area contributed by atoms with Gasteiger partial charge in [-0.25, -0.2) is 0 Å². The van der Waals surface area contributed by atoms with Crippen LogP contribution in [0.1, 0.15) is 18.1 Å². The Bertz CT molecular complexity index is 785. The van der Waals surface area contributed by atoms with Crippen molar-refractivity contribution in [3.63, 3.8) is 0 Å². The lowest BCUT2D eigenvalue weighted by atomic mass is 9.76. The Morgan fingerprint density at radius 3 is 1.60 bits per heavy atom. The van der Waals surface area contributed by atoms with Gasteiger partial charge in [-0.05, 0) is 42.3 Å². The minimum atomic E-state index is -0.900. The molecule has 0 fully saturated rings. The lowest BCUT2D eigenvalue weighted by Gasteiger charge is -2.28. The monoisotopic (exact) mass is 332 g/mol. The van der Waals surface area contributed by atoms with E-state index < -0.39 is 5.41 Å². The smallest absolute Gasteiger partial charge is 0.326 e. The van der Waals surface area contributed by atoms with Crippen molar-refractivity contribution in [3.05, 3.63) is 96.1 Å². The molecular weight excluding hydrogens is 312 g/mol. The van der Waals surface area contributed by atoms with Gasteiger partial charge in [-0.3, -0.25) is 4.79 Å². The molecule has 0 amide bonds. The lowest BCUT2D eigenvalue weighted by molar-refractivity contribution is -0.138. The van der Waals surface area contributed by atoms with Gasteiger partial charge in [0.05, 0.1) is 7.11 Å². The van der Waals surface area contributed by atoms with Gasteiger partial charge in [0, 0.05) is 0 Å². The van der Waals surface area contributed by atoms with Crippen LogP contribution in [-0.2, 0) is 10.2 Å². The maximum Gasteiger partial charge on any atom is 0.326 e. The van der Waals surface area contributed by atoms with Crippen LogP contribution < -0.4 is 9.47 Å². The summed E-state index contributed by atoms with van der Waals surface area (Å²) in [5.74, 6) is 0.882. The van der Waals surface area contributed by atoms with Crippen LogP contribution in [0.15, 0.2) is 84.9 Å². The van der Waals surface area contributed by atoms with Gasteiger partial charge in [-0.1, -0.05) is 60.7 Å². The first-order valence-electron chi connectivity index (χ1n) is 8.12. The first-order valence-corrected chi connectivity index (χ1v) is 8.12. The highest BCUT2D eigenvalue weighted by atomic mass is 16.5. The zero-order valence-corrected chi connectivity index (χ0v) is 14.3. The summed E-state index contributed by atoms with van der Waals surface area (Å²) in [5.41, 5.74) is 0.877. The van der Waals surface area contributed by atoms with Gasteiger partial charge in [0.1, 0.15) is 16.9 Å². The van der Waals surface area contributed by atoms with Crippen LogP contribution in [0.3, 0.4) is 0 Å². The first-order chi connectivity index (χ1) is 12.1. The van der Waals surface area contributed by atoms with Gasteiger partial charge >= 0.3 is 5.97 Å². The van der Waals surface area contributed by atoms with Crippen LogP contribution in [0, 0.1) is 0 Å². The molecule has 0 N–H and O–H groups in total. The molecule has 3 nitrogen and oxygen atoms in total. The fourth-order valence-electron chi connectivity index (χ4n) is 2.80. The zero-order chi connectivity index (χ0) is 17.7. The van der Waals surface area contributed by atoms with E-state index in [1.165, 1.54) is 0 Å². The van der Waals surface area contributed by atoms with Crippen LogP contribution in [0.4, 0.5) is 0 Å². The molecule has 0 atom stereocenters. The van der Waals surface area contributed by atoms with E-state index in [1.807, 2.05) is 67.6 Å². The highest BCUT2D eigenvalue weighted by molar-refractivity contribution is 5.88. The standard InChI is InChI=1S/C22H20O3/c1-22(17-9-5-3-6-10-17,18-11-7-4-8-12-18)21(23)25-20-15-13-19(24-2)14-16-20/h3-16H,1-2H3. The summed E-state index contributed by atoms with van der Waals surface area (Å²) in [7, 11) is 1.60. The topological polar surface area (TPSA) is 35.5 Å². The number of methoxy groups -OCH3 is 1. The van der Waals surface area contributed by atoms with E-state index in [0.717, 1.165) is 11.1 Å². The van der Waals surface area contributed by atoms with Crippen LogP contribution >= 0.6 is 0 Å². The van der Waals surface area contributed by atoms with Crippen molar-refractivity contribution in [3.8, 4) is 11.5 Å². The summed E-state index contributed by atoms with van der Waals surface area (Å²) in [6.45, 7) is 1.89. The average molecular weight is 332 g/mol. The van der Waals surface area contributed by atoms with Crippen LogP contribution in [-0.4, -0.2) is 13.1 Å². The number of benzene rings is 3. The molecule has 3 rings (SSSR count). The fourth-order valence-corrected chi connectivity index (χ4v) is 2.80. The van der Waals surface area contributed by atoms with Crippen LogP contribution in [0.5, 0.6) is 11.5 Å². The second kappa shape index (κ2) is 7.22. The summed E-state index contributed by atoms with van der Waals surface area (Å²) < 4.78 is 10.8. The minimum Gasteiger partial charge on any atom is -0.497 e. The molecule has 0 aliphatic rings. The van der Waals surface area contributed by atoms with Gasteiger partial charge in [-0.2, -0.15) is 0 Å². The number of hydrogen-bond donors (Lipinski definition) is 0. The Morgan fingerprint density at radius 1 is 0.720 bits per heavy atom. The quantitative estimate of drug-likeness (QED) is 0.506. The molecule has 0 aliphatic heterocycles. The Hall–Kier alpha value is -3.07. The summed E-state index contributed by atoms with van der Waals surface area (Å²) in [6, 6.07) is 26.4. The number of rotatable bonds is 5. The molecule has 0 aromatic heterocycles.